The Kier molecular flexibility index (Phi) is 8.53. The lowest BCUT2D eigenvalue weighted by Gasteiger charge is -2.28. The van der Waals surface area contributed by atoms with Crippen LogP contribution in [0.1, 0.15) is 0 Å². The lowest BCUT2D eigenvalue weighted by Crippen LogP contribution is -2.12. The summed E-state index contributed by atoms with van der Waals surface area (Å²) in [6.07, 6.45) is 0. The molecule has 8 aromatic carbocycles. The van der Waals surface area contributed by atoms with Crippen molar-refractivity contribution in [2.45, 2.75) is 0 Å². The highest BCUT2D eigenvalue weighted by molar-refractivity contribution is 5.89. The van der Waals surface area contributed by atoms with Crippen molar-refractivity contribution < 1.29 is 0 Å². The maximum Gasteiger partial charge on any atom is 0.166 e. The summed E-state index contributed by atoms with van der Waals surface area (Å²) in [4.78, 5) is 17.9. The van der Waals surface area contributed by atoms with Crippen LogP contribution in [-0.4, -0.2) is 15.0 Å². The quantitative estimate of drug-likeness (QED) is 0.160. The number of hydrogen-bond donors (Lipinski definition) is 0. The monoisotopic (exact) mass is 678 g/mol. The second-order valence-corrected chi connectivity index (χ2v) is 12.9. The molecule has 0 spiro atoms. The van der Waals surface area contributed by atoms with Gasteiger partial charge in [0.2, 0.25) is 0 Å². The molecule has 9 rings (SSSR count). The predicted octanol–water partition coefficient (Wildman–Crippen LogP) is 12.8. The highest BCUT2D eigenvalue weighted by atomic mass is 15.2. The fraction of sp³-hybridized carbons (Fsp3) is 0. The van der Waals surface area contributed by atoms with Crippen molar-refractivity contribution in [3.05, 3.63) is 206 Å². The van der Waals surface area contributed by atoms with Gasteiger partial charge in [0.25, 0.3) is 0 Å². The molecule has 0 radical (unpaired) electrons. The standard InChI is InChI=1S/C49H34N4/c1-4-16-35(17-5-1)39-22-14-24-41(32-39)47-50-48(42-31-30-37-20-10-11-21-38(37)33-42)52-49(51-47)45-28-12-13-29-46(45)53(43-25-8-3-9-26-43)44-27-15-23-40(34-44)36-18-6-2-7-19-36/h1-34H. The lowest BCUT2D eigenvalue weighted by atomic mass is 10.0. The molecular formula is C49H34N4. The molecule has 0 aliphatic carbocycles. The summed E-state index contributed by atoms with van der Waals surface area (Å²) in [7, 11) is 0. The molecule has 0 unspecified atom stereocenters. The van der Waals surface area contributed by atoms with Gasteiger partial charge in [-0.3, -0.25) is 0 Å². The van der Waals surface area contributed by atoms with Gasteiger partial charge in [-0.2, -0.15) is 0 Å². The predicted molar refractivity (Wildman–Crippen MR) is 219 cm³/mol. The van der Waals surface area contributed by atoms with Gasteiger partial charge >= 0.3 is 0 Å². The van der Waals surface area contributed by atoms with Gasteiger partial charge in [0, 0.05) is 28.1 Å². The first-order chi connectivity index (χ1) is 26.3. The molecule has 0 aliphatic heterocycles. The van der Waals surface area contributed by atoms with E-state index in [0.717, 1.165) is 61.4 Å². The topological polar surface area (TPSA) is 41.9 Å². The van der Waals surface area contributed by atoms with Crippen molar-refractivity contribution in [2.24, 2.45) is 0 Å². The molecule has 4 nitrogen and oxygen atoms in total. The first kappa shape index (κ1) is 31.8. The largest absolute Gasteiger partial charge is 0.310 e. The zero-order valence-electron chi connectivity index (χ0n) is 28.9. The number of nitrogens with zero attached hydrogens (tertiary/aromatic N) is 4. The van der Waals surface area contributed by atoms with E-state index in [1.165, 1.54) is 5.39 Å². The highest BCUT2D eigenvalue weighted by Gasteiger charge is 2.21. The number of para-hydroxylation sites is 2. The zero-order valence-corrected chi connectivity index (χ0v) is 28.9. The van der Waals surface area contributed by atoms with E-state index in [-0.39, 0.29) is 0 Å². The van der Waals surface area contributed by atoms with Crippen LogP contribution in [0, 0.1) is 0 Å². The van der Waals surface area contributed by atoms with Gasteiger partial charge in [-0.05, 0) is 81.6 Å². The van der Waals surface area contributed by atoms with Crippen molar-refractivity contribution in [1.82, 2.24) is 15.0 Å². The molecule has 0 N–H and O–H groups in total. The second kappa shape index (κ2) is 14.2. The van der Waals surface area contributed by atoms with Crippen LogP contribution in [-0.2, 0) is 0 Å². The Balaban J connectivity index is 1.24. The molecule has 0 atom stereocenters. The molecule has 0 saturated carbocycles. The van der Waals surface area contributed by atoms with Crippen LogP contribution in [0.5, 0.6) is 0 Å². The van der Waals surface area contributed by atoms with Crippen molar-refractivity contribution in [2.75, 3.05) is 4.90 Å². The molecule has 9 aromatic rings. The Morgan fingerprint density at radius 2 is 0.774 bits per heavy atom. The van der Waals surface area contributed by atoms with Crippen LogP contribution in [0.15, 0.2) is 206 Å². The number of rotatable bonds is 8. The molecule has 53 heavy (non-hydrogen) atoms. The van der Waals surface area contributed by atoms with E-state index in [0.29, 0.717) is 17.5 Å². The van der Waals surface area contributed by atoms with E-state index in [1.54, 1.807) is 0 Å². The second-order valence-electron chi connectivity index (χ2n) is 12.9. The lowest BCUT2D eigenvalue weighted by molar-refractivity contribution is 1.07. The van der Waals surface area contributed by atoms with Gasteiger partial charge in [-0.1, -0.05) is 158 Å². The molecule has 0 aliphatic rings. The van der Waals surface area contributed by atoms with Crippen LogP contribution in [0.25, 0.3) is 67.2 Å². The first-order valence-electron chi connectivity index (χ1n) is 17.8. The molecule has 0 saturated heterocycles. The van der Waals surface area contributed by atoms with Gasteiger partial charge in [0.1, 0.15) is 0 Å². The fourth-order valence-corrected chi connectivity index (χ4v) is 6.87. The van der Waals surface area contributed by atoms with E-state index in [2.05, 4.69) is 193 Å². The third-order valence-electron chi connectivity index (χ3n) is 9.48. The Labute approximate surface area is 309 Å². The minimum Gasteiger partial charge on any atom is -0.310 e. The summed E-state index contributed by atoms with van der Waals surface area (Å²) in [6, 6.07) is 71.6. The van der Waals surface area contributed by atoms with Crippen LogP contribution in [0.4, 0.5) is 17.1 Å². The minimum atomic E-state index is 0.596. The number of hydrogen-bond acceptors (Lipinski definition) is 4. The molecule has 250 valence electrons. The minimum absolute atomic E-state index is 0.596. The van der Waals surface area contributed by atoms with E-state index in [1.807, 2.05) is 18.2 Å². The van der Waals surface area contributed by atoms with Gasteiger partial charge in [-0.25, -0.2) is 15.0 Å². The van der Waals surface area contributed by atoms with Crippen LogP contribution >= 0.6 is 0 Å². The average molecular weight is 679 g/mol. The normalized spacial score (nSPS) is 11.0. The maximum absolute atomic E-state index is 5.24. The van der Waals surface area contributed by atoms with E-state index in [4.69, 9.17) is 15.0 Å². The molecule has 1 heterocycles. The fourth-order valence-electron chi connectivity index (χ4n) is 6.87. The highest BCUT2D eigenvalue weighted by Crippen LogP contribution is 2.41. The molecule has 0 bridgehead atoms. The van der Waals surface area contributed by atoms with Crippen LogP contribution < -0.4 is 4.90 Å². The van der Waals surface area contributed by atoms with Crippen LogP contribution in [0.3, 0.4) is 0 Å². The summed E-state index contributed by atoms with van der Waals surface area (Å²) < 4.78 is 0. The molecule has 1 aromatic heterocycles. The summed E-state index contributed by atoms with van der Waals surface area (Å²) in [5.74, 6) is 1.83. The maximum atomic E-state index is 5.24. The third kappa shape index (κ3) is 6.58. The third-order valence-corrected chi connectivity index (χ3v) is 9.48. The molecule has 0 fully saturated rings. The summed E-state index contributed by atoms with van der Waals surface area (Å²) in [5.41, 5.74) is 10.3. The van der Waals surface area contributed by atoms with E-state index >= 15 is 0 Å². The van der Waals surface area contributed by atoms with E-state index < -0.39 is 0 Å². The van der Waals surface area contributed by atoms with Crippen LogP contribution in [0.2, 0.25) is 0 Å². The van der Waals surface area contributed by atoms with Gasteiger partial charge < -0.3 is 4.90 Å². The van der Waals surface area contributed by atoms with Gasteiger partial charge in [0.15, 0.2) is 17.5 Å². The van der Waals surface area contributed by atoms with Gasteiger partial charge in [-0.15, -0.1) is 0 Å². The van der Waals surface area contributed by atoms with Crippen molar-refractivity contribution in [3.8, 4) is 56.4 Å². The summed E-state index contributed by atoms with van der Waals surface area (Å²) in [5, 5.41) is 2.30. The Morgan fingerprint density at radius 3 is 1.49 bits per heavy atom. The number of benzene rings is 8. The zero-order chi connectivity index (χ0) is 35.4. The molecule has 0 amide bonds. The molecule has 4 heteroatoms. The summed E-state index contributed by atoms with van der Waals surface area (Å²) >= 11 is 0. The van der Waals surface area contributed by atoms with Crippen molar-refractivity contribution in [3.63, 3.8) is 0 Å². The average Bonchev–Trinajstić information content (AvgIpc) is 3.25. The Bertz CT molecular complexity index is 2670. The Hall–Kier alpha value is -7.17. The number of anilines is 3. The van der Waals surface area contributed by atoms with E-state index in [9.17, 15) is 0 Å². The van der Waals surface area contributed by atoms with Crippen molar-refractivity contribution in [1.29, 1.82) is 0 Å². The SMILES string of the molecule is c1ccc(-c2cccc(-c3nc(-c4ccc5ccccc5c4)nc(-c4ccccc4N(c4ccccc4)c4cccc(-c5ccccc5)c4)n3)c2)cc1. The first-order valence-corrected chi connectivity index (χ1v) is 17.8. The van der Waals surface area contributed by atoms with Crippen molar-refractivity contribution >= 4 is 27.8 Å². The Morgan fingerprint density at radius 1 is 0.283 bits per heavy atom. The summed E-state index contributed by atoms with van der Waals surface area (Å²) in [6.45, 7) is 0. The smallest absolute Gasteiger partial charge is 0.166 e. The molecular weight excluding hydrogens is 645 g/mol. The number of aromatic nitrogens is 3. The van der Waals surface area contributed by atoms with Gasteiger partial charge in [0.05, 0.1) is 5.69 Å². The number of fused-ring (bicyclic) bond motifs is 1.